The highest BCUT2D eigenvalue weighted by atomic mass is 32.2. The molecule has 1 aliphatic heterocycles. The molecule has 154 valence electrons. The molecule has 0 radical (unpaired) electrons. The third kappa shape index (κ3) is 6.08. The first-order chi connectivity index (χ1) is 13.3. The summed E-state index contributed by atoms with van der Waals surface area (Å²) in [7, 11) is 0. The Morgan fingerprint density at radius 1 is 1.25 bits per heavy atom. The molecule has 1 unspecified atom stereocenters. The van der Waals surface area contributed by atoms with Crippen LogP contribution in [0.1, 0.15) is 31.7 Å². The molecule has 0 amide bonds. The summed E-state index contributed by atoms with van der Waals surface area (Å²) < 4.78 is 41.7. The van der Waals surface area contributed by atoms with Crippen LogP contribution in [0.25, 0.3) is 0 Å². The van der Waals surface area contributed by atoms with E-state index in [1.165, 1.54) is 0 Å². The Morgan fingerprint density at radius 2 is 1.93 bits per heavy atom. The molecule has 0 aliphatic carbocycles. The second kappa shape index (κ2) is 9.10. The van der Waals surface area contributed by atoms with Crippen LogP contribution < -0.4 is 5.32 Å². The summed E-state index contributed by atoms with van der Waals surface area (Å²) in [6.07, 6.45) is 2.95. The molecule has 1 fully saturated rings. The minimum absolute atomic E-state index is 0.127. The molecule has 7 nitrogen and oxygen atoms in total. The van der Waals surface area contributed by atoms with Crippen molar-refractivity contribution in [2.75, 3.05) is 18.4 Å². The zero-order valence-electron chi connectivity index (χ0n) is 15.4. The van der Waals surface area contributed by atoms with Crippen LogP contribution in [0.2, 0.25) is 0 Å². The van der Waals surface area contributed by atoms with Gasteiger partial charge in [-0.3, -0.25) is 4.68 Å². The Balaban J connectivity index is 1.43. The van der Waals surface area contributed by atoms with Crippen molar-refractivity contribution in [3.63, 3.8) is 0 Å². The molecule has 3 heterocycles. The molecule has 2 aromatic heterocycles. The van der Waals surface area contributed by atoms with E-state index in [9.17, 15) is 18.3 Å². The number of halogens is 3. The lowest BCUT2D eigenvalue weighted by Crippen LogP contribution is -2.35. The highest BCUT2D eigenvalue weighted by Gasteiger charge is 2.31. The molecule has 0 spiro atoms. The Hall–Kier alpha value is -1.85. The van der Waals surface area contributed by atoms with E-state index in [0.29, 0.717) is 13.0 Å². The Kier molecular flexibility index (Phi) is 6.78. The molecule has 0 saturated carbocycles. The minimum atomic E-state index is -4.43. The lowest BCUT2D eigenvalue weighted by atomic mass is 10.1. The van der Waals surface area contributed by atoms with Gasteiger partial charge >= 0.3 is 6.18 Å². The molecule has 0 bridgehead atoms. The summed E-state index contributed by atoms with van der Waals surface area (Å²) in [5.74, 6) is 0.221. The number of anilines is 1. The highest BCUT2D eigenvalue weighted by molar-refractivity contribution is 7.97. The molecule has 1 atom stereocenters. The predicted molar refractivity (Wildman–Crippen MR) is 99.6 cm³/mol. The van der Waals surface area contributed by atoms with Crippen LogP contribution in [0.4, 0.5) is 19.1 Å². The van der Waals surface area contributed by atoms with E-state index >= 15 is 0 Å². The van der Waals surface area contributed by atoms with Gasteiger partial charge in [-0.25, -0.2) is 14.3 Å². The summed E-state index contributed by atoms with van der Waals surface area (Å²) in [5.41, 5.74) is -0.849. The summed E-state index contributed by atoms with van der Waals surface area (Å²) in [6.45, 7) is 4.11. The van der Waals surface area contributed by atoms with E-state index in [1.807, 2.05) is 17.1 Å². The van der Waals surface area contributed by atoms with E-state index in [0.717, 1.165) is 43.2 Å². The topological polar surface area (TPSA) is 79.1 Å². The summed E-state index contributed by atoms with van der Waals surface area (Å²) in [4.78, 5) is 8.58. The normalized spacial score (nSPS) is 17.6. The van der Waals surface area contributed by atoms with Gasteiger partial charge in [-0.15, -0.1) is 0 Å². The molecule has 0 aromatic carbocycles. The second-order valence-corrected chi connectivity index (χ2v) is 7.98. The number of hydrogen-bond acceptors (Lipinski definition) is 7. The fraction of sp³-hybridized carbons (Fsp3) is 0.588. The fourth-order valence-corrected chi connectivity index (χ4v) is 3.76. The predicted octanol–water partition coefficient (Wildman–Crippen LogP) is 3.05. The zero-order chi connectivity index (χ0) is 20.1. The van der Waals surface area contributed by atoms with Crippen molar-refractivity contribution < 1.29 is 18.3 Å². The number of aromatic nitrogens is 4. The van der Waals surface area contributed by atoms with Crippen molar-refractivity contribution in [3.8, 4) is 0 Å². The number of aliphatic hydroxyl groups is 1. The van der Waals surface area contributed by atoms with Crippen LogP contribution in [0.3, 0.4) is 0 Å². The molecular weight excluding hydrogens is 393 g/mol. The van der Waals surface area contributed by atoms with E-state index in [-0.39, 0.29) is 18.1 Å². The van der Waals surface area contributed by atoms with E-state index in [2.05, 4.69) is 24.7 Å². The van der Waals surface area contributed by atoms with Crippen molar-refractivity contribution in [2.45, 2.75) is 55.9 Å². The number of hydrogen-bond donors (Lipinski definition) is 2. The van der Waals surface area contributed by atoms with Gasteiger partial charge in [-0.05, 0) is 38.1 Å². The van der Waals surface area contributed by atoms with Crippen molar-refractivity contribution in [1.82, 2.24) is 24.1 Å². The van der Waals surface area contributed by atoms with Crippen LogP contribution in [-0.4, -0.2) is 54.4 Å². The average molecular weight is 416 g/mol. The highest BCUT2D eigenvalue weighted by Crippen LogP contribution is 2.29. The fourth-order valence-electron chi connectivity index (χ4n) is 2.81. The van der Waals surface area contributed by atoms with Crippen LogP contribution >= 0.6 is 11.9 Å². The molecule has 3 rings (SSSR count). The number of piperidine rings is 1. The van der Waals surface area contributed by atoms with E-state index in [1.54, 1.807) is 18.9 Å². The number of alkyl halides is 3. The molecule has 2 N–H and O–H groups in total. The lowest BCUT2D eigenvalue weighted by molar-refractivity contribution is -0.138. The first-order valence-corrected chi connectivity index (χ1v) is 9.86. The van der Waals surface area contributed by atoms with Crippen molar-refractivity contribution >= 4 is 17.9 Å². The van der Waals surface area contributed by atoms with E-state index in [4.69, 9.17) is 0 Å². The number of rotatable bonds is 7. The van der Waals surface area contributed by atoms with Crippen LogP contribution in [0, 0.1) is 0 Å². The maximum atomic E-state index is 12.6. The molecule has 1 saturated heterocycles. The second-order valence-electron chi connectivity index (χ2n) is 6.81. The van der Waals surface area contributed by atoms with Gasteiger partial charge < -0.3 is 10.4 Å². The van der Waals surface area contributed by atoms with Gasteiger partial charge in [0.25, 0.3) is 0 Å². The number of aliphatic hydroxyl groups excluding tert-OH is 1. The summed E-state index contributed by atoms with van der Waals surface area (Å²) in [6, 6.07) is 0.127. The average Bonchev–Trinajstić information content (AvgIpc) is 3.09. The number of nitrogens with one attached hydrogen (secondary N) is 1. The Labute approximate surface area is 165 Å². The van der Waals surface area contributed by atoms with Crippen molar-refractivity contribution in [2.24, 2.45) is 0 Å². The van der Waals surface area contributed by atoms with Gasteiger partial charge in [0.05, 0.1) is 22.8 Å². The molecule has 2 aromatic rings. The quantitative estimate of drug-likeness (QED) is 0.672. The van der Waals surface area contributed by atoms with Gasteiger partial charge in [0, 0.05) is 44.3 Å². The molecule has 11 heteroatoms. The standard InChI is InChI=1S/C17H23F3N6OS/c1-12(27)2-5-25-11-15(10-23-25)28-26-6-3-14(4-7-26)24-16-21-8-13(9-22-16)17(18,19)20/h8-12,14,27H,2-7H2,1H3,(H,21,22,24). The smallest absolute Gasteiger partial charge is 0.393 e. The van der Waals surface area contributed by atoms with Gasteiger partial charge in [0.1, 0.15) is 0 Å². The maximum absolute atomic E-state index is 12.6. The maximum Gasteiger partial charge on any atom is 0.419 e. The summed E-state index contributed by atoms with van der Waals surface area (Å²) in [5, 5.41) is 16.7. The SMILES string of the molecule is CC(O)CCn1cc(SN2CCC(Nc3ncc(C(F)(F)F)cn3)CC2)cn1. The van der Waals surface area contributed by atoms with Crippen LogP contribution in [-0.2, 0) is 12.7 Å². The van der Waals surface area contributed by atoms with Crippen molar-refractivity contribution in [1.29, 1.82) is 0 Å². The Bertz CT molecular complexity index is 744. The van der Waals surface area contributed by atoms with E-state index < -0.39 is 11.7 Å². The third-order valence-electron chi connectivity index (χ3n) is 4.39. The van der Waals surface area contributed by atoms with Crippen LogP contribution in [0.5, 0.6) is 0 Å². The number of aryl methyl sites for hydroxylation is 1. The first-order valence-electron chi connectivity index (χ1n) is 9.09. The molecule has 1 aliphatic rings. The van der Waals surface area contributed by atoms with Gasteiger partial charge in [0.15, 0.2) is 0 Å². The van der Waals surface area contributed by atoms with Gasteiger partial charge in [-0.2, -0.15) is 18.3 Å². The van der Waals surface area contributed by atoms with Gasteiger partial charge in [-0.1, -0.05) is 0 Å². The van der Waals surface area contributed by atoms with Crippen LogP contribution in [0.15, 0.2) is 29.7 Å². The van der Waals surface area contributed by atoms with Crippen molar-refractivity contribution in [3.05, 3.63) is 30.4 Å². The number of nitrogens with zero attached hydrogens (tertiary/aromatic N) is 5. The zero-order valence-corrected chi connectivity index (χ0v) is 16.2. The van der Waals surface area contributed by atoms with Gasteiger partial charge in [0.2, 0.25) is 5.95 Å². The first kappa shape index (κ1) is 20.9. The largest absolute Gasteiger partial charge is 0.419 e. The lowest BCUT2D eigenvalue weighted by Gasteiger charge is -2.31. The monoisotopic (exact) mass is 416 g/mol. The minimum Gasteiger partial charge on any atom is -0.393 e. The summed E-state index contributed by atoms with van der Waals surface area (Å²) >= 11 is 1.64. The molecule has 28 heavy (non-hydrogen) atoms. The third-order valence-corrected chi connectivity index (χ3v) is 5.43. The molecular formula is C17H23F3N6OS. The Morgan fingerprint density at radius 3 is 2.54 bits per heavy atom.